The fourth-order valence-corrected chi connectivity index (χ4v) is 3.97. The Balaban J connectivity index is 2.36. The van der Waals surface area contributed by atoms with Gasteiger partial charge in [0.05, 0.1) is 0 Å². The topological polar surface area (TPSA) is 18.5 Å². The van der Waals surface area contributed by atoms with E-state index in [4.69, 9.17) is 44.1 Å². The second kappa shape index (κ2) is 6.25. The van der Waals surface area contributed by atoms with Crippen molar-refractivity contribution in [3.05, 3.63) is 58.6 Å². The predicted molar refractivity (Wildman–Crippen MR) is 84.5 cm³/mol. The van der Waals surface area contributed by atoms with Gasteiger partial charge in [-0.2, -0.15) is 0 Å². The molecule has 2 rings (SSSR count). The molecule has 0 saturated heterocycles. The van der Waals surface area contributed by atoms with Crippen molar-refractivity contribution in [1.82, 2.24) is 0 Å². The molecule has 0 heterocycles. The van der Waals surface area contributed by atoms with Crippen LogP contribution in [0.4, 0.5) is 0 Å². The van der Waals surface area contributed by atoms with Crippen LogP contribution in [0.5, 0.6) is 5.75 Å². The average Bonchev–Trinajstić information content (AvgIpc) is 2.38. The Morgan fingerprint density at radius 3 is 2.11 bits per heavy atom. The van der Waals surface area contributed by atoms with Crippen LogP contribution in [0.15, 0.2) is 48.5 Å². The van der Waals surface area contributed by atoms with E-state index in [2.05, 4.69) is 0 Å². The summed E-state index contributed by atoms with van der Waals surface area (Å²) < 4.78 is 11.3. The van der Waals surface area contributed by atoms with Crippen LogP contribution in [0.2, 0.25) is 10.0 Å². The Kier molecular flexibility index (Phi) is 4.88. The van der Waals surface area contributed by atoms with Gasteiger partial charge in [0.25, 0.3) is 6.49 Å². The van der Waals surface area contributed by atoms with E-state index in [-0.39, 0.29) is 0 Å². The third-order valence-corrected chi connectivity index (χ3v) is 5.98. The molecular formula is C13H11Cl2O2PS. The summed E-state index contributed by atoms with van der Waals surface area (Å²) in [6.07, 6.45) is 0. The van der Waals surface area contributed by atoms with Gasteiger partial charge in [-0.3, -0.25) is 0 Å². The highest BCUT2D eigenvalue weighted by molar-refractivity contribution is 8.13. The van der Waals surface area contributed by atoms with Gasteiger partial charge in [0, 0.05) is 22.5 Å². The molecule has 0 aliphatic heterocycles. The van der Waals surface area contributed by atoms with E-state index in [1.165, 1.54) is 0 Å². The summed E-state index contributed by atoms with van der Waals surface area (Å²) in [4.78, 5) is 0. The van der Waals surface area contributed by atoms with Gasteiger partial charge in [-0.1, -0.05) is 41.4 Å². The first-order valence-electron chi connectivity index (χ1n) is 5.40. The summed E-state index contributed by atoms with van der Waals surface area (Å²) in [6, 6.07) is 14.4. The Hall–Kier alpha value is -0.570. The Labute approximate surface area is 127 Å². The fraction of sp³-hybridized carbons (Fsp3) is 0.0769. The fourth-order valence-electron chi connectivity index (χ4n) is 1.53. The van der Waals surface area contributed by atoms with Crippen LogP contribution in [0, 0.1) is 0 Å². The van der Waals surface area contributed by atoms with Crippen LogP contribution >= 0.6 is 29.7 Å². The Bertz CT molecular complexity index is 599. The molecule has 0 saturated carbocycles. The molecule has 0 spiro atoms. The molecule has 0 aromatic heterocycles. The van der Waals surface area contributed by atoms with Gasteiger partial charge in [0.1, 0.15) is 5.75 Å². The maximum Gasteiger partial charge on any atom is 0.268 e. The van der Waals surface area contributed by atoms with Gasteiger partial charge < -0.3 is 9.05 Å². The SMILES string of the molecule is COP(=S)(Oc1cc(Cl)cc(Cl)c1)c1ccccc1. The molecule has 2 nitrogen and oxygen atoms in total. The summed E-state index contributed by atoms with van der Waals surface area (Å²) in [5, 5.41) is 1.82. The molecule has 1 atom stereocenters. The quantitative estimate of drug-likeness (QED) is 0.759. The van der Waals surface area contributed by atoms with E-state index in [0.29, 0.717) is 15.8 Å². The second-order valence-corrected chi connectivity index (χ2v) is 8.09. The van der Waals surface area contributed by atoms with Gasteiger partial charge in [0.2, 0.25) is 0 Å². The van der Waals surface area contributed by atoms with Crippen LogP contribution in [0.1, 0.15) is 0 Å². The van der Waals surface area contributed by atoms with Crippen LogP contribution in [0.25, 0.3) is 0 Å². The standard InChI is InChI=1S/C13H11Cl2O2PS/c1-16-18(19,13-5-3-2-4-6-13)17-12-8-10(14)7-11(15)9-12/h2-9H,1H3. The van der Waals surface area contributed by atoms with Crippen molar-refractivity contribution in [3.63, 3.8) is 0 Å². The summed E-state index contributed by atoms with van der Waals surface area (Å²) in [6.45, 7) is -2.60. The highest BCUT2D eigenvalue weighted by atomic mass is 35.5. The minimum atomic E-state index is -2.60. The number of hydrogen-bond acceptors (Lipinski definition) is 3. The van der Waals surface area contributed by atoms with E-state index in [0.717, 1.165) is 5.30 Å². The summed E-state index contributed by atoms with van der Waals surface area (Å²) in [5.41, 5.74) is 0. The van der Waals surface area contributed by atoms with Gasteiger partial charge >= 0.3 is 0 Å². The summed E-state index contributed by atoms with van der Waals surface area (Å²) in [5.74, 6) is 0.506. The molecule has 0 aliphatic carbocycles. The first-order chi connectivity index (χ1) is 9.03. The van der Waals surface area contributed by atoms with Crippen LogP contribution in [0.3, 0.4) is 0 Å². The molecule has 6 heteroatoms. The van der Waals surface area contributed by atoms with Crippen molar-refractivity contribution in [2.24, 2.45) is 0 Å². The normalized spacial score (nSPS) is 13.8. The van der Waals surface area contributed by atoms with Crippen LogP contribution in [-0.4, -0.2) is 7.11 Å². The van der Waals surface area contributed by atoms with Crippen molar-refractivity contribution in [2.75, 3.05) is 7.11 Å². The lowest BCUT2D eigenvalue weighted by molar-refractivity contribution is 0.402. The van der Waals surface area contributed by atoms with E-state index in [1.54, 1.807) is 25.3 Å². The molecule has 0 N–H and O–H groups in total. The van der Waals surface area contributed by atoms with Crippen molar-refractivity contribution < 1.29 is 9.05 Å². The Morgan fingerprint density at radius 2 is 1.58 bits per heavy atom. The molecule has 0 radical (unpaired) electrons. The smallest absolute Gasteiger partial charge is 0.268 e. The molecule has 2 aromatic rings. The molecule has 0 aliphatic rings. The predicted octanol–water partition coefficient (Wildman–Crippen LogP) is 4.65. The second-order valence-electron chi connectivity index (χ2n) is 3.71. The molecule has 100 valence electrons. The minimum absolute atomic E-state index is 0.494. The van der Waals surface area contributed by atoms with E-state index in [1.807, 2.05) is 30.3 Å². The number of benzene rings is 2. The number of halogens is 2. The third kappa shape index (κ3) is 3.71. The molecule has 2 aromatic carbocycles. The molecule has 0 bridgehead atoms. The minimum Gasteiger partial charge on any atom is -0.440 e. The third-order valence-electron chi connectivity index (χ3n) is 2.37. The average molecular weight is 333 g/mol. The van der Waals surface area contributed by atoms with E-state index < -0.39 is 6.49 Å². The van der Waals surface area contributed by atoms with Gasteiger partial charge in [0.15, 0.2) is 0 Å². The highest BCUT2D eigenvalue weighted by Gasteiger charge is 2.22. The maximum absolute atomic E-state index is 5.94. The molecular weight excluding hydrogens is 322 g/mol. The van der Waals surface area contributed by atoms with Gasteiger partial charge in [-0.25, -0.2) is 0 Å². The van der Waals surface area contributed by atoms with Crippen molar-refractivity contribution in [3.8, 4) is 5.75 Å². The lowest BCUT2D eigenvalue weighted by Crippen LogP contribution is -2.10. The summed E-state index contributed by atoms with van der Waals surface area (Å²) >= 11 is 17.4. The van der Waals surface area contributed by atoms with Crippen molar-refractivity contribution in [2.45, 2.75) is 0 Å². The zero-order valence-electron chi connectivity index (χ0n) is 10.0. The highest BCUT2D eigenvalue weighted by Crippen LogP contribution is 2.47. The van der Waals surface area contributed by atoms with Crippen molar-refractivity contribution in [1.29, 1.82) is 0 Å². The van der Waals surface area contributed by atoms with Gasteiger partial charge in [-0.05, 0) is 42.1 Å². The van der Waals surface area contributed by atoms with Gasteiger partial charge in [-0.15, -0.1) is 0 Å². The molecule has 0 fully saturated rings. The van der Waals surface area contributed by atoms with E-state index >= 15 is 0 Å². The molecule has 0 amide bonds. The zero-order chi connectivity index (χ0) is 13.9. The molecule has 19 heavy (non-hydrogen) atoms. The number of rotatable bonds is 4. The van der Waals surface area contributed by atoms with Crippen LogP contribution < -0.4 is 9.83 Å². The maximum atomic E-state index is 5.94. The van der Waals surface area contributed by atoms with Crippen LogP contribution in [-0.2, 0) is 16.3 Å². The lowest BCUT2D eigenvalue weighted by Gasteiger charge is -2.21. The largest absolute Gasteiger partial charge is 0.440 e. The Morgan fingerprint density at radius 1 is 1.00 bits per heavy atom. The summed E-state index contributed by atoms with van der Waals surface area (Å²) in [7, 11) is 1.54. The first-order valence-corrected chi connectivity index (χ1v) is 8.80. The monoisotopic (exact) mass is 332 g/mol. The van der Waals surface area contributed by atoms with Crippen molar-refractivity contribution >= 4 is 46.8 Å². The van der Waals surface area contributed by atoms with E-state index in [9.17, 15) is 0 Å². The zero-order valence-corrected chi connectivity index (χ0v) is 13.3. The number of hydrogen-bond donors (Lipinski definition) is 0. The lowest BCUT2D eigenvalue weighted by atomic mass is 10.3. The first kappa shape index (κ1) is 14.8. The molecule has 1 unspecified atom stereocenters.